The van der Waals surface area contributed by atoms with E-state index >= 15 is 0 Å². The lowest BCUT2D eigenvalue weighted by Gasteiger charge is -2.36. The number of nitrogens with zero attached hydrogens (tertiary/aromatic N) is 2. The summed E-state index contributed by atoms with van der Waals surface area (Å²) >= 11 is 0. The van der Waals surface area contributed by atoms with Gasteiger partial charge in [0.05, 0.1) is 0 Å². The minimum absolute atomic E-state index is 0.440. The maximum absolute atomic E-state index is 3.71. The van der Waals surface area contributed by atoms with E-state index in [1.165, 1.54) is 32.5 Å². The molecule has 1 heterocycles. The predicted octanol–water partition coefficient (Wildman–Crippen LogP) is 2.92. The van der Waals surface area contributed by atoms with Gasteiger partial charge in [0.2, 0.25) is 0 Å². The first kappa shape index (κ1) is 18.9. The smallest absolute Gasteiger partial charge is 0.0254 e. The Morgan fingerprint density at radius 2 is 1.81 bits per heavy atom. The van der Waals surface area contributed by atoms with Crippen LogP contribution in [0.4, 0.5) is 0 Å². The molecule has 0 aromatic heterocycles. The van der Waals surface area contributed by atoms with Crippen LogP contribution in [-0.2, 0) is 0 Å². The molecule has 0 bridgehead atoms. The van der Waals surface area contributed by atoms with E-state index in [1.807, 2.05) is 0 Å². The van der Waals surface area contributed by atoms with Crippen molar-refractivity contribution in [1.82, 2.24) is 15.1 Å². The second-order valence-corrected chi connectivity index (χ2v) is 7.93. The van der Waals surface area contributed by atoms with Crippen molar-refractivity contribution in [3.8, 4) is 0 Å². The molecule has 2 atom stereocenters. The molecule has 0 saturated carbocycles. The number of nitrogens with one attached hydrogen (secondary N) is 1. The Hall–Kier alpha value is -0.120. The summed E-state index contributed by atoms with van der Waals surface area (Å²) in [5, 5.41) is 3.71. The molecule has 21 heavy (non-hydrogen) atoms. The van der Waals surface area contributed by atoms with Crippen LogP contribution in [0, 0.1) is 17.3 Å². The van der Waals surface area contributed by atoms with Crippen molar-refractivity contribution in [2.24, 2.45) is 17.3 Å². The molecule has 0 aromatic carbocycles. The number of hydrogen-bond donors (Lipinski definition) is 1. The van der Waals surface area contributed by atoms with Gasteiger partial charge in [-0.25, -0.2) is 0 Å². The molecule has 0 radical (unpaired) electrons. The molecular formula is C18H39N3. The van der Waals surface area contributed by atoms with Gasteiger partial charge < -0.3 is 15.1 Å². The van der Waals surface area contributed by atoms with E-state index in [2.05, 4.69) is 63.8 Å². The first-order valence-electron chi connectivity index (χ1n) is 8.93. The third-order valence-corrected chi connectivity index (χ3v) is 5.42. The number of rotatable bonds is 9. The zero-order valence-corrected chi connectivity index (χ0v) is 15.6. The van der Waals surface area contributed by atoms with E-state index in [0.717, 1.165) is 31.0 Å². The fourth-order valence-electron chi connectivity index (χ4n) is 3.73. The summed E-state index contributed by atoms with van der Waals surface area (Å²) in [5.74, 6) is 1.52. The quantitative estimate of drug-likeness (QED) is 0.706. The minimum Gasteiger partial charge on any atom is -0.316 e. The topological polar surface area (TPSA) is 18.5 Å². The molecule has 3 nitrogen and oxygen atoms in total. The van der Waals surface area contributed by atoms with Crippen LogP contribution in [0.1, 0.15) is 47.5 Å². The number of likely N-dealkylation sites (tertiary alicyclic amines) is 1. The van der Waals surface area contributed by atoms with Crippen molar-refractivity contribution in [2.45, 2.75) is 53.5 Å². The zero-order valence-electron chi connectivity index (χ0n) is 15.6. The normalized spacial score (nSPS) is 24.4. The highest BCUT2D eigenvalue weighted by atomic mass is 15.2. The van der Waals surface area contributed by atoms with Gasteiger partial charge in [-0.3, -0.25) is 0 Å². The molecule has 3 heteroatoms. The zero-order chi connectivity index (χ0) is 16.0. The molecule has 2 unspecified atom stereocenters. The fraction of sp³-hybridized carbons (Fsp3) is 1.00. The Labute approximate surface area is 133 Å². The van der Waals surface area contributed by atoms with Crippen molar-refractivity contribution >= 4 is 0 Å². The lowest BCUT2D eigenvalue weighted by molar-refractivity contribution is 0.146. The van der Waals surface area contributed by atoms with Crippen LogP contribution in [0.2, 0.25) is 0 Å². The summed E-state index contributed by atoms with van der Waals surface area (Å²) in [6.07, 6.45) is 2.54. The number of hydrogen-bond acceptors (Lipinski definition) is 3. The van der Waals surface area contributed by atoms with Gasteiger partial charge >= 0.3 is 0 Å². The summed E-state index contributed by atoms with van der Waals surface area (Å²) in [4.78, 5) is 5.11. The summed E-state index contributed by atoms with van der Waals surface area (Å²) in [6, 6.07) is 0.722. The van der Waals surface area contributed by atoms with Gasteiger partial charge in [-0.1, -0.05) is 34.6 Å². The van der Waals surface area contributed by atoms with Crippen LogP contribution < -0.4 is 5.32 Å². The first-order valence-corrected chi connectivity index (χ1v) is 8.93. The van der Waals surface area contributed by atoms with Crippen LogP contribution in [0.3, 0.4) is 0 Å². The highest BCUT2D eigenvalue weighted by Crippen LogP contribution is 2.30. The van der Waals surface area contributed by atoms with E-state index in [9.17, 15) is 0 Å². The Morgan fingerprint density at radius 1 is 1.19 bits per heavy atom. The maximum Gasteiger partial charge on any atom is 0.0254 e. The van der Waals surface area contributed by atoms with Crippen molar-refractivity contribution in [3.63, 3.8) is 0 Å². The van der Waals surface area contributed by atoms with Crippen LogP contribution in [0.25, 0.3) is 0 Å². The second kappa shape index (κ2) is 8.50. The van der Waals surface area contributed by atoms with Crippen molar-refractivity contribution in [2.75, 3.05) is 46.8 Å². The van der Waals surface area contributed by atoms with Crippen LogP contribution in [0.5, 0.6) is 0 Å². The second-order valence-electron chi connectivity index (χ2n) is 7.93. The van der Waals surface area contributed by atoms with Crippen molar-refractivity contribution in [1.29, 1.82) is 0 Å². The average Bonchev–Trinajstić information content (AvgIpc) is 2.78. The van der Waals surface area contributed by atoms with Gasteiger partial charge in [0.25, 0.3) is 0 Å². The molecule has 1 saturated heterocycles. The molecule has 1 N–H and O–H groups in total. The lowest BCUT2D eigenvalue weighted by atomic mass is 9.81. The molecule has 1 aliphatic rings. The Morgan fingerprint density at radius 3 is 2.24 bits per heavy atom. The molecule has 1 rings (SSSR count). The minimum atomic E-state index is 0.440. The third-order valence-electron chi connectivity index (χ3n) is 5.42. The monoisotopic (exact) mass is 297 g/mol. The largest absolute Gasteiger partial charge is 0.316 e. The van der Waals surface area contributed by atoms with E-state index in [4.69, 9.17) is 0 Å². The van der Waals surface area contributed by atoms with Gasteiger partial charge in [-0.15, -0.1) is 0 Å². The highest BCUT2D eigenvalue weighted by molar-refractivity contribution is 4.91. The van der Waals surface area contributed by atoms with Gasteiger partial charge in [0.15, 0.2) is 0 Å². The highest BCUT2D eigenvalue weighted by Gasteiger charge is 2.36. The maximum atomic E-state index is 3.71. The SMILES string of the molecule is CCC(CC)(CNCC(C)C)CN1CC(C)C(N(C)C)C1. The first-order chi connectivity index (χ1) is 9.83. The van der Waals surface area contributed by atoms with E-state index < -0.39 is 0 Å². The molecule has 0 amide bonds. The van der Waals surface area contributed by atoms with Crippen LogP contribution in [-0.4, -0.2) is 62.7 Å². The summed E-state index contributed by atoms with van der Waals surface area (Å²) in [7, 11) is 4.45. The van der Waals surface area contributed by atoms with Gasteiger partial charge in [-0.05, 0) is 50.7 Å². The Bertz CT molecular complexity index is 284. The standard InChI is InChI=1S/C18H39N3/c1-8-18(9-2,13-19-10-15(3)4)14-21-11-16(5)17(12-21)20(6)7/h15-17,19H,8-14H2,1-7H3. The predicted molar refractivity (Wildman–Crippen MR) is 93.8 cm³/mol. The van der Waals surface area contributed by atoms with Crippen molar-refractivity contribution < 1.29 is 0 Å². The van der Waals surface area contributed by atoms with E-state index in [0.29, 0.717) is 5.41 Å². The molecule has 1 fully saturated rings. The molecule has 126 valence electrons. The Balaban J connectivity index is 2.57. The van der Waals surface area contributed by atoms with Gasteiger partial charge in [-0.2, -0.15) is 0 Å². The van der Waals surface area contributed by atoms with E-state index in [-0.39, 0.29) is 0 Å². The fourth-order valence-corrected chi connectivity index (χ4v) is 3.73. The van der Waals surface area contributed by atoms with Gasteiger partial charge in [0, 0.05) is 32.2 Å². The van der Waals surface area contributed by atoms with Crippen LogP contribution in [0.15, 0.2) is 0 Å². The van der Waals surface area contributed by atoms with E-state index in [1.54, 1.807) is 0 Å². The molecule has 1 aliphatic heterocycles. The summed E-state index contributed by atoms with van der Waals surface area (Å²) in [6.45, 7) is 17.8. The van der Waals surface area contributed by atoms with Crippen molar-refractivity contribution in [3.05, 3.63) is 0 Å². The van der Waals surface area contributed by atoms with Crippen LogP contribution >= 0.6 is 0 Å². The molecular weight excluding hydrogens is 258 g/mol. The average molecular weight is 298 g/mol. The molecule has 0 aliphatic carbocycles. The molecule has 0 spiro atoms. The third kappa shape index (κ3) is 5.54. The molecule has 0 aromatic rings. The Kier molecular flexibility index (Phi) is 7.66. The lowest BCUT2D eigenvalue weighted by Crippen LogP contribution is -2.44. The summed E-state index contributed by atoms with van der Waals surface area (Å²) in [5.41, 5.74) is 0.440. The number of likely N-dealkylation sites (N-methyl/N-ethyl adjacent to an activating group) is 1. The van der Waals surface area contributed by atoms with Gasteiger partial charge in [0.1, 0.15) is 0 Å². The summed E-state index contributed by atoms with van der Waals surface area (Å²) < 4.78 is 0.